The van der Waals surface area contributed by atoms with Crippen molar-refractivity contribution >= 4 is 28.4 Å². The van der Waals surface area contributed by atoms with E-state index in [9.17, 15) is 0 Å². The topological polar surface area (TPSA) is 85.3 Å². The Morgan fingerprint density at radius 2 is 2.00 bits per heavy atom. The molecule has 8 nitrogen and oxygen atoms in total. The van der Waals surface area contributed by atoms with Gasteiger partial charge in [0, 0.05) is 36.5 Å². The van der Waals surface area contributed by atoms with Crippen LogP contribution in [0.4, 0.5) is 17.3 Å². The third-order valence-corrected chi connectivity index (χ3v) is 6.52. The number of fused-ring (bicyclic) bond motifs is 2. The van der Waals surface area contributed by atoms with Crippen LogP contribution in [0, 0.1) is 12.8 Å². The van der Waals surface area contributed by atoms with Crippen LogP contribution in [0.15, 0.2) is 48.9 Å². The van der Waals surface area contributed by atoms with Crippen LogP contribution in [-0.4, -0.2) is 39.6 Å². The number of nitrogens with one attached hydrogen (secondary N) is 1. The first kappa shape index (κ1) is 24.7. The maximum absolute atomic E-state index is 6.12. The molecule has 1 aromatic carbocycles. The van der Waals surface area contributed by atoms with Gasteiger partial charge in [-0.1, -0.05) is 27.2 Å². The first-order valence-corrected chi connectivity index (χ1v) is 13.1. The van der Waals surface area contributed by atoms with Crippen molar-refractivity contribution in [3.63, 3.8) is 0 Å². The quantitative estimate of drug-likeness (QED) is 0.296. The van der Waals surface area contributed by atoms with E-state index in [4.69, 9.17) is 14.5 Å². The first-order valence-electron chi connectivity index (χ1n) is 13.1. The van der Waals surface area contributed by atoms with Gasteiger partial charge in [-0.3, -0.25) is 4.98 Å². The van der Waals surface area contributed by atoms with E-state index in [-0.39, 0.29) is 0 Å². The molecule has 3 aromatic heterocycles. The Kier molecular flexibility index (Phi) is 7.35. The fraction of sp³-hybridized carbons (Fsp3) is 0.379. The monoisotopic (exact) mass is 498 g/mol. The third-order valence-electron chi connectivity index (χ3n) is 6.52. The lowest BCUT2D eigenvalue weighted by Gasteiger charge is -2.24. The molecule has 1 aliphatic heterocycles. The summed E-state index contributed by atoms with van der Waals surface area (Å²) in [6, 6.07) is 11.9. The van der Waals surface area contributed by atoms with Gasteiger partial charge in [0.05, 0.1) is 18.3 Å². The molecule has 0 saturated carbocycles. The molecule has 0 aliphatic carbocycles. The maximum atomic E-state index is 6.12. The molecule has 192 valence electrons. The molecule has 0 radical (unpaired) electrons. The third kappa shape index (κ3) is 5.58. The van der Waals surface area contributed by atoms with Gasteiger partial charge >= 0.3 is 0 Å². The van der Waals surface area contributed by atoms with Gasteiger partial charge in [0.15, 0.2) is 17.4 Å². The number of unbranched alkanes of at least 4 members (excludes halogenated alkanes) is 1. The number of pyridine rings is 2. The van der Waals surface area contributed by atoms with Gasteiger partial charge in [-0.15, -0.1) is 0 Å². The normalized spacial score (nSPS) is 15.1. The van der Waals surface area contributed by atoms with Crippen LogP contribution in [0.2, 0.25) is 0 Å². The summed E-state index contributed by atoms with van der Waals surface area (Å²) in [5.74, 6) is 4.24. The summed E-state index contributed by atoms with van der Waals surface area (Å²) in [6.07, 6.45) is 6.46. The minimum Gasteiger partial charge on any atom is -0.489 e. The van der Waals surface area contributed by atoms with E-state index in [1.54, 1.807) is 12.5 Å². The van der Waals surface area contributed by atoms with E-state index >= 15 is 0 Å². The van der Waals surface area contributed by atoms with E-state index < -0.39 is 0 Å². The molecule has 4 aromatic rings. The zero-order chi connectivity index (χ0) is 25.8. The second-order valence-electron chi connectivity index (χ2n) is 9.66. The number of benzene rings is 1. The fourth-order valence-corrected chi connectivity index (χ4v) is 4.46. The molecule has 0 fully saturated rings. The molecule has 1 N–H and O–H groups in total. The molecule has 4 heterocycles. The van der Waals surface area contributed by atoms with Crippen molar-refractivity contribution in [2.75, 3.05) is 29.9 Å². The predicted octanol–water partition coefficient (Wildman–Crippen LogP) is 6.46. The average Bonchev–Trinajstić information content (AvgIpc) is 3.06. The summed E-state index contributed by atoms with van der Waals surface area (Å²) in [4.78, 5) is 20.8. The van der Waals surface area contributed by atoms with Crippen molar-refractivity contribution in [3.8, 4) is 17.2 Å². The fourth-order valence-electron chi connectivity index (χ4n) is 4.46. The van der Waals surface area contributed by atoms with Crippen molar-refractivity contribution in [1.29, 1.82) is 0 Å². The van der Waals surface area contributed by atoms with Gasteiger partial charge in [0.2, 0.25) is 0 Å². The number of rotatable bonds is 8. The van der Waals surface area contributed by atoms with Crippen LogP contribution in [0.5, 0.6) is 17.2 Å². The summed E-state index contributed by atoms with van der Waals surface area (Å²) in [5.41, 5.74) is 4.41. The van der Waals surface area contributed by atoms with E-state index in [1.165, 1.54) is 0 Å². The summed E-state index contributed by atoms with van der Waals surface area (Å²) >= 11 is 0. The zero-order valence-electron chi connectivity index (χ0n) is 22.0. The van der Waals surface area contributed by atoms with Crippen LogP contribution in [0.1, 0.15) is 44.9 Å². The average molecular weight is 499 g/mol. The Labute approximate surface area is 218 Å². The Hall–Kier alpha value is -3.94. The standard InChI is InChI=1S/C29H34N6O2/c1-5-7-12-35-16-19(3)17-36-26-14-24-27(34-29(26)35)28(32-18-31-24)33-22-9-11-25(20(4)13-22)37-23-10-8-21(6-2)30-15-23/h8-11,13-15,18-19H,5-7,12,16-17H2,1-4H3,(H,31,32,33). The Morgan fingerprint density at radius 1 is 1.11 bits per heavy atom. The van der Waals surface area contributed by atoms with Crippen LogP contribution in [0.25, 0.3) is 11.0 Å². The molecule has 0 spiro atoms. The number of hydrogen-bond donors (Lipinski definition) is 1. The smallest absolute Gasteiger partial charge is 0.172 e. The van der Waals surface area contributed by atoms with E-state index in [0.29, 0.717) is 18.3 Å². The molecular weight excluding hydrogens is 464 g/mol. The lowest BCUT2D eigenvalue weighted by Crippen LogP contribution is -2.30. The number of aromatic nitrogens is 4. The molecule has 1 atom stereocenters. The lowest BCUT2D eigenvalue weighted by atomic mass is 10.2. The minimum atomic E-state index is 0.418. The van der Waals surface area contributed by atoms with Crippen molar-refractivity contribution < 1.29 is 9.47 Å². The number of aryl methyl sites for hydroxylation is 2. The molecule has 1 unspecified atom stereocenters. The zero-order valence-corrected chi connectivity index (χ0v) is 22.0. The van der Waals surface area contributed by atoms with Crippen LogP contribution < -0.4 is 19.7 Å². The molecule has 0 amide bonds. The number of hydrogen-bond acceptors (Lipinski definition) is 8. The Balaban J connectivity index is 1.42. The molecule has 0 saturated heterocycles. The number of anilines is 3. The molecule has 8 heteroatoms. The van der Waals surface area contributed by atoms with Crippen LogP contribution in [0.3, 0.4) is 0 Å². The highest BCUT2D eigenvalue weighted by Gasteiger charge is 2.23. The second-order valence-corrected chi connectivity index (χ2v) is 9.66. The summed E-state index contributed by atoms with van der Waals surface area (Å²) in [6.45, 7) is 11.1. The second kappa shape index (κ2) is 11.0. The van der Waals surface area contributed by atoms with Crippen molar-refractivity contribution in [1.82, 2.24) is 19.9 Å². The van der Waals surface area contributed by atoms with E-state index in [2.05, 4.69) is 45.9 Å². The summed E-state index contributed by atoms with van der Waals surface area (Å²) in [5, 5.41) is 3.44. The summed E-state index contributed by atoms with van der Waals surface area (Å²) in [7, 11) is 0. The largest absolute Gasteiger partial charge is 0.489 e. The lowest BCUT2D eigenvalue weighted by molar-refractivity contribution is 0.273. The van der Waals surface area contributed by atoms with Gasteiger partial charge in [-0.05, 0) is 55.7 Å². The number of nitrogens with zero attached hydrogens (tertiary/aromatic N) is 5. The van der Waals surface area contributed by atoms with Crippen molar-refractivity contribution in [2.24, 2.45) is 5.92 Å². The highest BCUT2D eigenvalue weighted by atomic mass is 16.5. The Morgan fingerprint density at radius 3 is 2.76 bits per heavy atom. The highest BCUT2D eigenvalue weighted by Crippen LogP contribution is 2.35. The van der Waals surface area contributed by atoms with Gasteiger partial charge in [0.25, 0.3) is 0 Å². The van der Waals surface area contributed by atoms with Crippen molar-refractivity contribution in [3.05, 3.63) is 60.2 Å². The van der Waals surface area contributed by atoms with E-state index in [1.807, 2.05) is 43.3 Å². The SMILES string of the molecule is CCCCN1CC(C)COc2cc3ncnc(Nc4ccc(Oc5ccc(CC)nc5)c(C)c4)c3nc21. The molecule has 5 rings (SSSR count). The van der Waals surface area contributed by atoms with Gasteiger partial charge in [-0.2, -0.15) is 0 Å². The van der Waals surface area contributed by atoms with Gasteiger partial charge < -0.3 is 19.7 Å². The van der Waals surface area contributed by atoms with Crippen LogP contribution in [-0.2, 0) is 6.42 Å². The minimum absolute atomic E-state index is 0.418. The van der Waals surface area contributed by atoms with Crippen LogP contribution >= 0.6 is 0 Å². The Bertz CT molecular complexity index is 1380. The predicted molar refractivity (Wildman–Crippen MR) is 147 cm³/mol. The molecule has 0 bridgehead atoms. The molecular formula is C29H34N6O2. The van der Waals surface area contributed by atoms with Crippen molar-refractivity contribution in [2.45, 2.75) is 47.0 Å². The maximum Gasteiger partial charge on any atom is 0.172 e. The van der Waals surface area contributed by atoms with Gasteiger partial charge in [0.1, 0.15) is 23.3 Å². The molecule has 37 heavy (non-hydrogen) atoms. The van der Waals surface area contributed by atoms with Gasteiger partial charge in [-0.25, -0.2) is 15.0 Å². The molecule has 1 aliphatic rings. The first-order chi connectivity index (χ1) is 18.0. The summed E-state index contributed by atoms with van der Waals surface area (Å²) < 4.78 is 12.2. The highest BCUT2D eigenvalue weighted by molar-refractivity contribution is 5.90. The number of ether oxygens (including phenoxy) is 2. The van der Waals surface area contributed by atoms with E-state index in [0.717, 1.165) is 83.4 Å².